The monoisotopic (exact) mass is 420 g/mol. The molecule has 2 rings (SSSR count). The lowest BCUT2D eigenvalue weighted by Crippen LogP contribution is -2.50. The van der Waals surface area contributed by atoms with Crippen molar-refractivity contribution < 1.29 is 18.7 Å². The van der Waals surface area contributed by atoms with Gasteiger partial charge in [0, 0.05) is 17.6 Å². The minimum absolute atomic E-state index is 0.00732. The van der Waals surface area contributed by atoms with Crippen LogP contribution in [0.15, 0.2) is 48.5 Å². The number of hydrogen-bond donors (Lipinski definition) is 1. The van der Waals surface area contributed by atoms with E-state index in [0.29, 0.717) is 5.02 Å². The third-order valence-electron chi connectivity index (χ3n) is 4.62. The van der Waals surface area contributed by atoms with E-state index >= 15 is 0 Å². The van der Waals surface area contributed by atoms with Crippen molar-refractivity contribution >= 4 is 23.4 Å². The molecule has 2 atom stereocenters. The maximum atomic E-state index is 13.8. The molecule has 0 spiro atoms. The average Bonchev–Trinajstić information content (AvgIpc) is 2.71. The molecule has 0 radical (unpaired) electrons. The Morgan fingerprint density at radius 1 is 1.14 bits per heavy atom. The van der Waals surface area contributed by atoms with E-state index < -0.39 is 17.8 Å². The number of nitrogens with zero attached hydrogens (tertiary/aromatic N) is 1. The number of halogens is 2. The lowest BCUT2D eigenvalue weighted by molar-refractivity contribution is -0.142. The second-order valence-corrected chi connectivity index (χ2v) is 7.30. The number of hydrogen-bond acceptors (Lipinski definition) is 3. The Hall–Kier alpha value is -2.60. The molecule has 0 aliphatic carbocycles. The quantitative estimate of drug-likeness (QED) is 0.661. The number of para-hydroxylation sites is 1. The predicted octanol–water partition coefficient (Wildman–Crippen LogP) is 4.19. The molecule has 1 N–H and O–H groups in total. The number of benzene rings is 2. The van der Waals surface area contributed by atoms with E-state index in [1.807, 2.05) is 13.8 Å². The Labute approximate surface area is 175 Å². The minimum atomic E-state index is -0.726. The van der Waals surface area contributed by atoms with Crippen LogP contribution in [0.4, 0.5) is 4.39 Å². The standard InChI is InChI=1S/C22H26ClFN2O3/c1-4-15(2)25-22(28)16(3)26(13-17-9-11-18(23)12-10-17)21(27)14-29-20-8-6-5-7-19(20)24/h5-12,15-16H,4,13-14H2,1-3H3,(H,25,28)/t15-,16-/m1/s1. The van der Waals surface area contributed by atoms with Crippen LogP contribution in [0, 0.1) is 5.82 Å². The molecule has 7 heteroatoms. The van der Waals surface area contributed by atoms with Gasteiger partial charge in [0.2, 0.25) is 5.91 Å². The highest BCUT2D eigenvalue weighted by molar-refractivity contribution is 6.30. The molecular formula is C22H26ClFN2O3. The van der Waals surface area contributed by atoms with Crippen LogP contribution in [0.5, 0.6) is 5.75 Å². The second-order valence-electron chi connectivity index (χ2n) is 6.86. The molecule has 0 bridgehead atoms. The molecule has 156 valence electrons. The van der Waals surface area contributed by atoms with Crippen LogP contribution >= 0.6 is 11.6 Å². The van der Waals surface area contributed by atoms with Gasteiger partial charge in [-0.05, 0) is 50.1 Å². The molecule has 0 saturated carbocycles. The Morgan fingerprint density at radius 3 is 2.41 bits per heavy atom. The van der Waals surface area contributed by atoms with Gasteiger partial charge in [-0.25, -0.2) is 4.39 Å². The lowest BCUT2D eigenvalue weighted by atomic mass is 10.1. The van der Waals surface area contributed by atoms with Gasteiger partial charge in [-0.3, -0.25) is 9.59 Å². The van der Waals surface area contributed by atoms with Gasteiger partial charge >= 0.3 is 0 Å². The van der Waals surface area contributed by atoms with Crippen molar-refractivity contribution in [2.45, 2.75) is 45.8 Å². The fourth-order valence-corrected chi connectivity index (χ4v) is 2.74. The molecule has 5 nitrogen and oxygen atoms in total. The fraction of sp³-hybridized carbons (Fsp3) is 0.364. The number of nitrogens with one attached hydrogen (secondary N) is 1. The van der Waals surface area contributed by atoms with Crippen LogP contribution in [-0.4, -0.2) is 35.4 Å². The molecule has 0 aromatic heterocycles. The maximum absolute atomic E-state index is 13.8. The molecule has 2 aromatic carbocycles. The van der Waals surface area contributed by atoms with E-state index in [2.05, 4.69) is 5.32 Å². The number of rotatable bonds is 9. The van der Waals surface area contributed by atoms with Gasteiger partial charge in [0.25, 0.3) is 5.91 Å². The molecule has 0 heterocycles. The maximum Gasteiger partial charge on any atom is 0.261 e. The second kappa shape index (κ2) is 10.8. The average molecular weight is 421 g/mol. The van der Waals surface area contributed by atoms with Gasteiger partial charge in [0.15, 0.2) is 18.2 Å². The van der Waals surface area contributed by atoms with Crippen molar-refractivity contribution in [2.75, 3.05) is 6.61 Å². The van der Waals surface area contributed by atoms with Crippen molar-refractivity contribution in [2.24, 2.45) is 0 Å². The predicted molar refractivity (Wildman–Crippen MR) is 111 cm³/mol. The summed E-state index contributed by atoms with van der Waals surface area (Å²) in [5.41, 5.74) is 0.817. The molecule has 0 aliphatic heterocycles. The van der Waals surface area contributed by atoms with Crippen LogP contribution in [-0.2, 0) is 16.1 Å². The number of carbonyl (C=O) groups excluding carboxylic acids is 2. The molecule has 2 aromatic rings. The highest BCUT2D eigenvalue weighted by atomic mass is 35.5. The van der Waals surface area contributed by atoms with E-state index in [4.69, 9.17) is 16.3 Å². The first-order chi connectivity index (χ1) is 13.8. The summed E-state index contributed by atoms with van der Waals surface area (Å²) in [6.07, 6.45) is 0.778. The highest BCUT2D eigenvalue weighted by Gasteiger charge is 2.27. The van der Waals surface area contributed by atoms with Crippen molar-refractivity contribution in [3.63, 3.8) is 0 Å². The summed E-state index contributed by atoms with van der Waals surface area (Å²) in [6.45, 7) is 5.35. The third-order valence-corrected chi connectivity index (χ3v) is 4.87. The van der Waals surface area contributed by atoms with Crippen molar-refractivity contribution in [3.8, 4) is 5.75 Å². The zero-order valence-corrected chi connectivity index (χ0v) is 17.6. The van der Waals surface area contributed by atoms with Gasteiger partial charge in [-0.15, -0.1) is 0 Å². The zero-order chi connectivity index (χ0) is 21.4. The first-order valence-corrected chi connectivity index (χ1v) is 9.91. The summed E-state index contributed by atoms with van der Waals surface area (Å²) in [5, 5.41) is 3.47. The van der Waals surface area contributed by atoms with Gasteiger partial charge < -0.3 is 15.0 Å². The van der Waals surface area contributed by atoms with Crippen LogP contribution in [0.3, 0.4) is 0 Å². The molecule has 0 fully saturated rings. The molecular weight excluding hydrogens is 395 g/mol. The van der Waals surface area contributed by atoms with Gasteiger partial charge in [-0.1, -0.05) is 42.8 Å². The van der Waals surface area contributed by atoms with Crippen LogP contribution in [0.2, 0.25) is 5.02 Å². The summed E-state index contributed by atoms with van der Waals surface area (Å²) in [6, 6.07) is 12.2. The van der Waals surface area contributed by atoms with Crippen molar-refractivity contribution in [1.29, 1.82) is 0 Å². The Balaban J connectivity index is 2.15. The van der Waals surface area contributed by atoms with E-state index in [9.17, 15) is 14.0 Å². The first kappa shape index (κ1) is 22.7. The molecule has 0 unspecified atom stereocenters. The smallest absolute Gasteiger partial charge is 0.261 e. The largest absolute Gasteiger partial charge is 0.481 e. The van der Waals surface area contributed by atoms with Crippen molar-refractivity contribution in [1.82, 2.24) is 10.2 Å². The third kappa shape index (κ3) is 6.75. The number of amides is 2. The summed E-state index contributed by atoms with van der Waals surface area (Å²) in [5.74, 6) is -1.24. The zero-order valence-electron chi connectivity index (χ0n) is 16.8. The number of carbonyl (C=O) groups is 2. The molecule has 2 amide bonds. The van der Waals surface area contributed by atoms with E-state index in [0.717, 1.165) is 12.0 Å². The first-order valence-electron chi connectivity index (χ1n) is 9.53. The van der Waals surface area contributed by atoms with Gasteiger partial charge in [0.05, 0.1) is 0 Å². The Bertz CT molecular complexity index is 829. The highest BCUT2D eigenvalue weighted by Crippen LogP contribution is 2.17. The summed E-state index contributed by atoms with van der Waals surface area (Å²) < 4.78 is 19.1. The van der Waals surface area contributed by atoms with E-state index in [-0.39, 0.29) is 30.9 Å². The molecule has 0 saturated heterocycles. The minimum Gasteiger partial charge on any atom is -0.481 e. The lowest BCUT2D eigenvalue weighted by Gasteiger charge is -2.29. The Morgan fingerprint density at radius 2 is 1.79 bits per heavy atom. The topological polar surface area (TPSA) is 58.6 Å². The van der Waals surface area contributed by atoms with Gasteiger partial charge in [-0.2, -0.15) is 0 Å². The Kier molecular flexibility index (Phi) is 8.46. The summed E-state index contributed by atoms with van der Waals surface area (Å²) >= 11 is 5.93. The van der Waals surface area contributed by atoms with Crippen LogP contribution < -0.4 is 10.1 Å². The number of ether oxygens (including phenoxy) is 1. The van der Waals surface area contributed by atoms with Crippen LogP contribution in [0.1, 0.15) is 32.8 Å². The van der Waals surface area contributed by atoms with Gasteiger partial charge in [0.1, 0.15) is 6.04 Å². The summed E-state index contributed by atoms with van der Waals surface area (Å²) in [7, 11) is 0. The molecule has 29 heavy (non-hydrogen) atoms. The SMILES string of the molecule is CC[C@@H](C)NC(=O)[C@@H](C)N(Cc1ccc(Cl)cc1)C(=O)COc1ccccc1F. The fourth-order valence-electron chi connectivity index (χ4n) is 2.62. The molecule has 0 aliphatic rings. The summed E-state index contributed by atoms with van der Waals surface area (Å²) in [4.78, 5) is 26.9. The normalized spacial score (nSPS) is 12.7. The van der Waals surface area contributed by atoms with E-state index in [1.165, 1.54) is 23.1 Å². The van der Waals surface area contributed by atoms with E-state index in [1.54, 1.807) is 37.3 Å². The van der Waals surface area contributed by atoms with Crippen molar-refractivity contribution in [3.05, 3.63) is 64.9 Å². The van der Waals surface area contributed by atoms with Crippen LogP contribution in [0.25, 0.3) is 0 Å².